The van der Waals surface area contributed by atoms with Crippen LogP contribution in [0, 0.1) is 6.92 Å². The molecular weight excluding hydrogens is 292 g/mol. The zero-order chi connectivity index (χ0) is 14.6. The lowest BCUT2D eigenvalue weighted by atomic mass is 10.1. The first-order valence-corrected chi connectivity index (χ1v) is 8.65. The van der Waals surface area contributed by atoms with Crippen molar-refractivity contribution in [3.8, 4) is 0 Å². The van der Waals surface area contributed by atoms with E-state index < -0.39 is 10.0 Å². The molecule has 1 aromatic carbocycles. The second-order valence-corrected chi connectivity index (χ2v) is 7.29. The Balaban J connectivity index is 2.13. The first kappa shape index (κ1) is 15.2. The highest BCUT2D eigenvalue weighted by Gasteiger charge is 2.18. The van der Waals surface area contributed by atoms with Crippen molar-refractivity contribution in [3.05, 3.63) is 51.7 Å². The zero-order valence-corrected chi connectivity index (χ0v) is 13.1. The van der Waals surface area contributed by atoms with Crippen molar-refractivity contribution in [2.24, 2.45) is 0 Å². The smallest absolute Gasteiger partial charge is 0.242 e. The van der Waals surface area contributed by atoms with Gasteiger partial charge in [-0.25, -0.2) is 13.1 Å². The van der Waals surface area contributed by atoms with Crippen LogP contribution in [-0.4, -0.2) is 15.5 Å². The summed E-state index contributed by atoms with van der Waals surface area (Å²) in [6.45, 7) is 2.85. The monoisotopic (exact) mass is 310 g/mol. The van der Waals surface area contributed by atoms with Crippen LogP contribution >= 0.6 is 11.3 Å². The summed E-state index contributed by atoms with van der Waals surface area (Å²) >= 11 is 1.44. The largest absolute Gasteiger partial charge is 0.315 e. The van der Waals surface area contributed by atoms with Crippen molar-refractivity contribution in [2.75, 3.05) is 7.05 Å². The molecule has 0 saturated heterocycles. The SMILES string of the molecule is CNCc1sccc1S(=O)(=O)NCc1cccc(C)c1. The van der Waals surface area contributed by atoms with Crippen molar-refractivity contribution in [2.45, 2.75) is 24.9 Å². The van der Waals surface area contributed by atoms with Crippen molar-refractivity contribution < 1.29 is 8.42 Å². The lowest BCUT2D eigenvalue weighted by molar-refractivity contribution is 0.580. The van der Waals surface area contributed by atoms with Crippen molar-refractivity contribution in [1.29, 1.82) is 0 Å². The zero-order valence-electron chi connectivity index (χ0n) is 11.5. The van der Waals surface area contributed by atoms with Crippen LogP contribution in [0.5, 0.6) is 0 Å². The average Bonchev–Trinajstić information content (AvgIpc) is 2.86. The van der Waals surface area contributed by atoms with E-state index in [0.717, 1.165) is 16.0 Å². The molecule has 0 spiro atoms. The van der Waals surface area contributed by atoms with Gasteiger partial charge in [0.05, 0.1) is 4.90 Å². The summed E-state index contributed by atoms with van der Waals surface area (Å²) in [5.74, 6) is 0. The summed E-state index contributed by atoms with van der Waals surface area (Å²) in [7, 11) is -1.66. The molecule has 0 saturated carbocycles. The number of thiophene rings is 1. The van der Waals surface area contributed by atoms with E-state index in [1.807, 2.05) is 31.2 Å². The van der Waals surface area contributed by atoms with Crippen molar-refractivity contribution in [1.82, 2.24) is 10.0 Å². The maximum Gasteiger partial charge on any atom is 0.242 e. The predicted molar refractivity (Wildman–Crippen MR) is 82.3 cm³/mol. The van der Waals surface area contributed by atoms with Crippen LogP contribution in [0.25, 0.3) is 0 Å². The molecule has 0 bridgehead atoms. The van der Waals surface area contributed by atoms with Crippen LogP contribution in [0.15, 0.2) is 40.6 Å². The summed E-state index contributed by atoms with van der Waals surface area (Å²) in [4.78, 5) is 1.19. The fourth-order valence-electron chi connectivity index (χ4n) is 1.94. The van der Waals surface area contributed by atoms with E-state index in [2.05, 4.69) is 10.0 Å². The molecule has 108 valence electrons. The molecule has 0 aliphatic rings. The topological polar surface area (TPSA) is 58.2 Å². The standard InChI is InChI=1S/C14H18N2O2S2/c1-11-4-3-5-12(8-11)9-16-20(17,18)14-6-7-19-13(14)10-15-2/h3-8,15-16H,9-10H2,1-2H3. The van der Waals surface area contributed by atoms with E-state index in [0.29, 0.717) is 18.0 Å². The highest BCUT2D eigenvalue weighted by molar-refractivity contribution is 7.89. The second-order valence-electron chi connectivity index (χ2n) is 4.55. The van der Waals surface area contributed by atoms with Crippen LogP contribution in [0.4, 0.5) is 0 Å². The molecule has 0 aliphatic carbocycles. The van der Waals surface area contributed by atoms with Gasteiger partial charge in [0, 0.05) is 18.0 Å². The fourth-order valence-corrected chi connectivity index (χ4v) is 4.41. The Morgan fingerprint density at radius 3 is 2.70 bits per heavy atom. The van der Waals surface area contributed by atoms with Gasteiger partial charge in [0.1, 0.15) is 0 Å². The Bertz CT molecular complexity index is 678. The van der Waals surface area contributed by atoms with Crippen molar-refractivity contribution in [3.63, 3.8) is 0 Å². The number of hydrogen-bond donors (Lipinski definition) is 2. The van der Waals surface area contributed by atoms with Crippen LogP contribution in [0.3, 0.4) is 0 Å². The van der Waals surface area contributed by atoms with Gasteiger partial charge in [-0.1, -0.05) is 29.8 Å². The van der Waals surface area contributed by atoms with E-state index in [1.165, 1.54) is 11.3 Å². The minimum absolute atomic E-state index is 0.304. The average molecular weight is 310 g/mol. The van der Waals surface area contributed by atoms with E-state index in [9.17, 15) is 8.42 Å². The maximum absolute atomic E-state index is 12.3. The summed E-state index contributed by atoms with van der Waals surface area (Å²) < 4.78 is 27.3. The highest BCUT2D eigenvalue weighted by atomic mass is 32.2. The third kappa shape index (κ3) is 3.67. The summed E-state index contributed by atoms with van der Waals surface area (Å²) in [5, 5.41) is 4.78. The Kier molecular flexibility index (Phi) is 4.93. The van der Waals surface area contributed by atoms with Gasteiger partial charge in [-0.05, 0) is 31.0 Å². The molecule has 2 aromatic rings. The Morgan fingerprint density at radius 2 is 2.00 bits per heavy atom. The Labute approximate surface area is 123 Å². The van der Waals surface area contributed by atoms with Gasteiger partial charge >= 0.3 is 0 Å². The molecule has 2 rings (SSSR count). The predicted octanol–water partition coefficient (Wildman–Crippen LogP) is 2.25. The fraction of sp³-hybridized carbons (Fsp3) is 0.286. The molecule has 2 N–H and O–H groups in total. The third-order valence-electron chi connectivity index (χ3n) is 2.88. The van der Waals surface area contributed by atoms with E-state index >= 15 is 0 Å². The molecule has 4 nitrogen and oxygen atoms in total. The molecule has 6 heteroatoms. The van der Waals surface area contributed by atoms with Crippen LogP contribution in [-0.2, 0) is 23.1 Å². The summed E-state index contributed by atoms with van der Waals surface area (Å²) in [6.07, 6.45) is 0. The summed E-state index contributed by atoms with van der Waals surface area (Å²) in [5.41, 5.74) is 2.08. The molecular formula is C14H18N2O2S2. The molecule has 0 amide bonds. The lowest BCUT2D eigenvalue weighted by Gasteiger charge is -2.08. The quantitative estimate of drug-likeness (QED) is 0.860. The van der Waals surface area contributed by atoms with Gasteiger partial charge in [0.15, 0.2) is 0 Å². The number of rotatable bonds is 6. The maximum atomic E-state index is 12.3. The minimum atomic E-state index is -3.46. The highest BCUT2D eigenvalue weighted by Crippen LogP contribution is 2.21. The lowest BCUT2D eigenvalue weighted by Crippen LogP contribution is -2.24. The Morgan fingerprint density at radius 1 is 1.20 bits per heavy atom. The number of sulfonamides is 1. The molecule has 0 atom stereocenters. The van der Waals surface area contributed by atoms with E-state index in [-0.39, 0.29) is 0 Å². The number of benzene rings is 1. The van der Waals surface area contributed by atoms with Gasteiger partial charge < -0.3 is 5.32 Å². The van der Waals surface area contributed by atoms with Crippen LogP contribution in [0.1, 0.15) is 16.0 Å². The first-order valence-electron chi connectivity index (χ1n) is 6.29. The van der Waals surface area contributed by atoms with Gasteiger partial charge in [-0.15, -0.1) is 11.3 Å². The number of hydrogen-bond acceptors (Lipinski definition) is 4. The van der Waals surface area contributed by atoms with Gasteiger partial charge in [-0.3, -0.25) is 0 Å². The first-order chi connectivity index (χ1) is 9.53. The molecule has 0 fully saturated rings. The number of aryl methyl sites for hydroxylation is 1. The molecule has 0 radical (unpaired) electrons. The third-order valence-corrected chi connectivity index (χ3v) is 5.42. The molecule has 1 aromatic heterocycles. The molecule has 20 heavy (non-hydrogen) atoms. The van der Waals surface area contributed by atoms with E-state index in [4.69, 9.17) is 0 Å². The van der Waals surface area contributed by atoms with Crippen LogP contribution in [0.2, 0.25) is 0 Å². The van der Waals surface area contributed by atoms with Gasteiger partial charge in [-0.2, -0.15) is 0 Å². The van der Waals surface area contributed by atoms with E-state index in [1.54, 1.807) is 18.5 Å². The number of nitrogens with one attached hydrogen (secondary N) is 2. The Hall–Kier alpha value is -1.21. The molecule has 1 heterocycles. The minimum Gasteiger partial charge on any atom is -0.315 e. The van der Waals surface area contributed by atoms with Crippen molar-refractivity contribution >= 4 is 21.4 Å². The van der Waals surface area contributed by atoms with Gasteiger partial charge in [0.25, 0.3) is 0 Å². The molecule has 0 aliphatic heterocycles. The van der Waals surface area contributed by atoms with Gasteiger partial charge in [0.2, 0.25) is 10.0 Å². The summed E-state index contributed by atoms with van der Waals surface area (Å²) in [6, 6.07) is 9.45. The van der Waals surface area contributed by atoms with Crippen LogP contribution < -0.4 is 10.0 Å². The normalized spacial score (nSPS) is 11.7. The molecule has 0 unspecified atom stereocenters. The second kappa shape index (κ2) is 6.49.